The lowest BCUT2D eigenvalue weighted by Gasteiger charge is -1.85. The van der Waals surface area contributed by atoms with Gasteiger partial charge in [0.1, 0.15) is 0 Å². The summed E-state index contributed by atoms with van der Waals surface area (Å²) in [6, 6.07) is 12.7. The standard InChI is InChI=1S/C10H11N.C9H10S.H2/c1-2-9-7-8-5-3-4-6-10(8)11-9;1-4-8-6-7(3)10-9(8)5-2;/h3-7,11H,2H2,1H3;4-6H,1-2H2,3H3;1H. The van der Waals surface area contributed by atoms with Gasteiger partial charge < -0.3 is 4.98 Å². The molecule has 0 spiro atoms. The van der Waals surface area contributed by atoms with Gasteiger partial charge in [0.05, 0.1) is 0 Å². The average Bonchev–Trinajstić information content (AvgIpc) is 3.09. The Labute approximate surface area is 132 Å². The molecule has 3 rings (SSSR count). The number of aromatic amines is 1. The summed E-state index contributed by atoms with van der Waals surface area (Å²) in [5.41, 5.74) is 3.74. The molecule has 0 unspecified atom stereocenters. The highest BCUT2D eigenvalue weighted by Crippen LogP contribution is 2.23. The number of aromatic nitrogens is 1. The zero-order valence-electron chi connectivity index (χ0n) is 12.6. The van der Waals surface area contributed by atoms with Gasteiger partial charge in [0.2, 0.25) is 0 Å². The number of nitrogens with one attached hydrogen (secondary N) is 1. The highest BCUT2D eigenvalue weighted by Gasteiger charge is 1.98. The van der Waals surface area contributed by atoms with E-state index in [0.29, 0.717) is 0 Å². The van der Waals surface area contributed by atoms with E-state index in [1.807, 2.05) is 12.2 Å². The lowest BCUT2D eigenvalue weighted by atomic mass is 10.2. The van der Waals surface area contributed by atoms with Gasteiger partial charge in [-0.3, -0.25) is 0 Å². The third-order valence-corrected chi connectivity index (χ3v) is 4.35. The van der Waals surface area contributed by atoms with E-state index in [9.17, 15) is 0 Å². The third kappa shape index (κ3) is 3.73. The van der Waals surface area contributed by atoms with Crippen molar-refractivity contribution in [3.05, 3.63) is 70.6 Å². The van der Waals surface area contributed by atoms with Crippen molar-refractivity contribution in [3.8, 4) is 0 Å². The van der Waals surface area contributed by atoms with Crippen LogP contribution in [0.15, 0.2) is 49.6 Å². The Morgan fingerprint density at radius 1 is 1.19 bits per heavy atom. The lowest BCUT2D eigenvalue weighted by molar-refractivity contribution is 1.07. The highest BCUT2D eigenvalue weighted by atomic mass is 32.1. The van der Waals surface area contributed by atoms with Gasteiger partial charge in [-0.15, -0.1) is 11.3 Å². The molecule has 0 saturated carbocycles. The maximum absolute atomic E-state index is 3.72. The second-order valence-electron chi connectivity index (χ2n) is 4.82. The number of para-hydroxylation sites is 1. The van der Waals surface area contributed by atoms with Crippen molar-refractivity contribution in [2.75, 3.05) is 0 Å². The van der Waals surface area contributed by atoms with Gasteiger partial charge >= 0.3 is 0 Å². The summed E-state index contributed by atoms with van der Waals surface area (Å²) in [5, 5.41) is 1.31. The van der Waals surface area contributed by atoms with Crippen LogP contribution in [0.25, 0.3) is 23.1 Å². The van der Waals surface area contributed by atoms with Crippen LogP contribution in [0.4, 0.5) is 0 Å². The van der Waals surface area contributed by atoms with Crippen molar-refractivity contribution >= 4 is 34.4 Å². The Morgan fingerprint density at radius 2 is 1.95 bits per heavy atom. The molecule has 0 saturated heterocycles. The summed E-state index contributed by atoms with van der Waals surface area (Å²) in [4.78, 5) is 5.87. The van der Waals surface area contributed by atoms with Crippen molar-refractivity contribution in [1.29, 1.82) is 0 Å². The lowest BCUT2D eigenvalue weighted by Crippen LogP contribution is -1.74. The first kappa shape index (κ1) is 15.3. The fraction of sp³-hybridized carbons (Fsp3) is 0.158. The van der Waals surface area contributed by atoms with Crippen LogP contribution in [-0.4, -0.2) is 4.98 Å². The molecule has 110 valence electrons. The second-order valence-corrected chi connectivity index (χ2v) is 6.11. The zero-order chi connectivity index (χ0) is 15.2. The monoisotopic (exact) mass is 297 g/mol. The summed E-state index contributed by atoms with van der Waals surface area (Å²) in [7, 11) is 0. The number of rotatable bonds is 3. The maximum Gasteiger partial charge on any atom is 0.0456 e. The zero-order valence-corrected chi connectivity index (χ0v) is 13.5. The quantitative estimate of drug-likeness (QED) is 0.582. The minimum absolute atomic E-state index is 0. The van der Waals surface area contributed by atoms with E-state index in [-0.39, 0.29) is 1.43 Å². The van der Waals surface area contributed by atoms with Crippen LogP contribution in [0.5, 0.6) is 0 Å². The minimum Gasteiger partial charge on any atom is -0.358 e. The number of aryl methyl sites for hydroxylation is 2. The van der Waals surface area contributed by atoms with Gasteiger partial charge in [-0.1, -0.05) is 50.4 Å². The average molecular weight is 297 g/mol. The number of hydrogen-bond donors (Lipinski definition) is 1. The molecule has 21 heavy (non-hydrogen) atoms. The van der Waals surface area contributed by atoms with Gasteiger partial charge in [-0.2, -0.15) is 0 Å². The Hall–Kier alpha value is -2.06. The molecular weight excluding hydrogens is 274 g/mol. The van der Waals surface area contributed by atoms with Crippen LogP contribution >= 0.6 is 11.3 Å². The molecule has 1 aromatic carbocycles. The van der Waals surface area contributed by atoms with Crippen molar-refractivity contribution in [2.45, 2.75) is 20.3 Å². The molecule has 0 aliphatic heterocycles. The molecule has 0 aliphatic rings. The van der Waals surface area contributed by atoms with Gasteiger partial charge in [0, 0.05) is 22.4 Å². The van der Waals surface area contributed by atoms with Crippen molar-refractivity contribution in [3.63, 3.8) is 0 Å². The van der Waals surface area contributed by atoms with E-state index in [1.54, 1.807) is 11.3 Å². The van der Waals surface area contributed by atoms with E-state index in [4.69, 9.17) is 0 Å². The smallest absolute Gasteiger partial charge is 0.0456 e. The molecule has 2 heterocycles. The minimum atomic E-state index is 0. The second kappa shape index (κ2) is 7.09. The summed E-state index contributed by atoms with van der Waals surface area (Å²) in [6.45, 7) is 11.7. The number of hydrogen-bond acceptors (Lipinski definition) is 1. The van der Waals surface area contributed by atoms with Gasteiger partial charge in [0.25, 0.3) is 0 Å². The first-order valence-corrected chi connectivity index (χ1v) is 7.91. The van der Waals surface area contributed by atoms with E-state index in [1.165, 1.54) is 31.9 Å². The van der Waals surface area contributed by atoms with E-state index >= 15 is 0 Å². The normalized spacial score (nSPS) is 10.0. The van der Waals surface area contributed by atoms with Crippen LogP contribution in [0.1, 0.15) is 29.4 Å². The number of benzene rings is 1. The number of fused-ring (bicyclic) bond motifs is 1. The van der Waals surface area contributed by atoms with Crippen LogP contribution in [-0.2, 0) is 6.42 Å². The molecular formula is C19H23NS. The van der Waals surface area contributed by atoms with Crippen molar-refractivity contribution < 1.29 is 1.43 Å². The van der Waals surface area contributed by atoms with Gasteiger partial charge in [-0.05, 0) is 42.5 Å². The fourth-order valence-electron chi connectivity index (χ4n) is 2.19. The highest BCUT2D eigenvalue weighted by molar-refractivity contribution is 7.13. The van der Waals surface area contributed by atoms with E-state index in [2.05, 4.69) is 68.4 Å². The topological polar surface area (TPSA) is 15.8 Å². The number of H-pyrrole nitrogens is 1. The first-order valence-electron chi connectivity index (χ1n) is 7.09. The molecule has 0 aliphatic carbocycles. The van der Waals surface area contributed by atoms with Crippen molar-refractivity contribution in [1.82, 2.24) is 4.98 Å². The fourth-order valence-corrected chi connectivity index (χ4v) is 3.07. The van der Waals surface area contributed by atoms with Crippen LogP contribution in [0.3, 0.4) is 0 Å². The Balaban J connectivity index is 0.000000212. The summed E-state index contributed by atoms with van der Waals surface area (Å²) in [6.07, 6.45) is 4.81. The first-order chi connectivity index (χ1) is 10.2. The molecule has 3 aromatic rings. The summed E-state index contributed by atoms with van der Waals surface area (Å²) < 4.78 is 0. The molecule has 0 atom stereocenters. The molecule has 2 aromatic heterocycles. The largest absolute Gasteiger partial charge is 0.358 e. The Kier molecular flexibility index (Phi) is 5.18. The molecule has 2 heteroatoms. The third-order valence-electron chi connectivity index (χ3n) is 3.29. The van der Waals surface area contributed by atoms with Gasteiger partial charge in [0.15, 0.2) is 0 Å². The molecule has 1 nitrogen and oxygen atoms in total. The predicted molar refractivity (Wildman–Crippen MR) is 99.0 cm³/mol. The molecule has 0 fully saturated rings. The van der Waals surface area contributed by atoms with Crippen molar-refractivity contribution in [2.24, 2.45) is 0 Å². The van der Waals surface area contributed by atoms with Crippen LogP contribution in [0, 0.1) is 6.92 Å². The summed E-state index contributed by atoms with van der Waals surface area (Å²) in [5.74, 6) is 0. The van der Waals surface area contributed by atoms with Crippen LogP contribution < -0.4 is 0 Å². The maximum atomic E-state index is 3.72. The molecule has 0 amide bonds. The van der Waals surface area contributed by atoms with Crippen LogP contribution in [0.2, 0.25) is 0 Å². The van der Waals surface area contributed by atoms with E-state index in [0.717, 1.165) is 6.42 Å². The van der Waals surface area contributed by atoms with Gasteiger partial charge in [-0.25, -0.2) is 0 Å². The molecule has 0 bridgehead atoms. The van der Waals surface area contributed by atoms with E-state index < -0.39 is 0 Å². The number of thiophene rings is 1. The molecule has 1 N–H and O–H groups in total. The Morgan fingerprint density at radius 3 is 2.52 bits per heavy atom. The Bertz CT molecular complexity index is 693. The predicted octanol–water partition coefficient (Wildman–Crippen LogP) is 6.32. The molecule has 0 radical (unpaired) electrons. The SMILES string of the molecule is C=Cc1cc(C)sc1C=C.CCc1cc2ccccc2[nH]1.[HH]. The summed E-state index contributed by atoms with van der Waals surface area (Å²) >= 11 is 1.75.